The van der Waals surface area contributed by atoms with Crippen molar-refractivity contribution in [2.45, 2.75) is 27.7 Å². The molecule has 0 saturated carbocycles. The first-order valence-electron chi connectivity index (χ1n) is 9.23. The van der Waals surface area contributed by atoms with Gasteiger partial charge in [0.2, 0.25) is 0 Å². The number of esters is 1. The van der Waals surface area contributed by atoms with Gasteiger partial charge in [-0.3, -0.25) is 4.79 Å². The van der Waals surface area contributed by atoms with Gasteiger partial charge in [-0.15, -0.1) is 0 Å². The molecule has 0 atom stereocenters. The van der Waals surface area contributed by atoms with E-state index in [9.17, 15) is 9.59 Å². The van der Waals surface area contributed by atoms with Crippen molar-refractivity contribution in [3.05, 3.63) is 51.8 Å². The van der Waals surface area contributed by atoms with Crippen LogP contribution in [-0.4, -0.2) is 55.0 Å². The summed E-state index contributed by atoms with van der Waals surface area (Å²) in [5.41, 5.74) is 6.05. The highest BCUT2D eigenvalue weighted by Crippen LogP contribution is 2.25. The minimum Gasteiger partial charge on any atom is -0.465 e. The molecule has 1 aliphatic heterocycles. The highest BCUT2D eigenvalue weighted by molar-refractivity contribution is 6.00. The number of aryl methyl sites for hydroxylation is 2. The summed E-state index contributed by atoms with van der Waals surface area (Å²) in [6.45, 7) is 10.7. The molecule has 0 spiro atoms. The van der Waals surface area contributed by atoms with Gasteiger partial charge in [-0.2, -0.15) is 0 Å². The van der Waals surface area contributed by atoms with E-state index in [4.69, 9.17) is 4.74 Å². The van der Waals surface area contributed by atoms with Crippen LogP contribution in [0.15, 0.2) is 18.2 Å². The van der Waals surface area contributed by atoms with E-state index in [0.717, 1.165) is 13.1 Å². The van der Waals surface area contributed by atoms with Crippen LogP contribution in [0.1, 0.15) is 43.2 Å². The fourth-order valence-electron chi connectivity index (χ4n) is 3.76. The number of amides is 1. The zero-order valence-corrected chi connectivity index (χ0v) is 16.7. The number of piperazine rings is 1. The van der Waals surface area contributed by atoms with Gasteiger partial charge in [0.05, 0.1) is 12.7 Å². The van der Waals surface area contributed by atoms with E-state index < -0.39 is 5.97 Å². The standard InChI is InChI=1S/C21H27N3O3/c1-13-7-6-8-17(14(13)2)23-9-11-24(12-10-23)20(25)19-15(3)18(16(4)22-19)21(26)27-5/h6-8,22H,9-12H2,1-5H3. The second-order valence-electron chi connectivity index (χ2n) is 7.11. The van der Waals surface area contributed by atoms with Gasteiger partial charge in [0.15, 0.2) is 0 Å². The highest BCUT2D eigenvalue weighted by atomic mass is 16.5. The normalized spacial score (nSPS) is 14.4. The minimum absolute atomic E-state index is 0.0635. The molecule has 1 fully saturated rings. The fourth-order valence-corrected chi connectivity index (χ4v) is 3.76. The molecule has 1 N–H and O–H groups in total. The number of nitrogens with zero attached hydrogens (tertiary/aromatic N) is 2. The van der Waals surface area contributed by atoms with E-state index in [0.29, 0.717) is 35.6 Å². The van der Waals surface area contributed by atoms with Gasteiger partial charge in [-0.25, -0.2) is 4.79 Å². The molecule has 3 rings (SSSR count). The second-order valence-corrected chi connectivity index (χ2v) is 7.11. The van der Waals surface area contributed by atoms with Crippen LogP contribution in [0.5, 0.6) is 0 Å². The highest BCUT2D eigenvalue weighted by Gasteiger charge is 2.28. The number of anilines is 1. The van der Waals surface area contributed by atoms with Crippen LogP contribution in [0.25, 0.3) is 0 Å². The number of methoxy groups -OCH3 is 1. The van der Waals surface area contributed by atoms with Gasteiger partial charge in [0.1, 0.15) is 5.69 Å². The third-order valence-electron chi connectivity index (χ3n) is 5.52. The number of hydrogen-bond acceptors (Lipinski definition) is 4. The molecule has 144 valence electrons. The number of rotatable bonds is 3. The van der Waals surface area contributed by atoms with Crippen molar-refractivity contribution in [3.63, 3.8) is 0 Å². The third kappa shape index (κ3) is 3.44. The topological polar surface area (TPSA) is 65.6 Å². The Balaban J connectivity index is 1.74. The molecule has 0 bridgehead atoms. The number of H-pyrrole nitrogens is 1. The van der Waals surface area contributed by atoms with E-state index in [1.807, 2.05) is 4.90 Å². The number of nitrogens with one attached hydrogen (secondary N) is 1. The Labute approximate surface area is 160 Å². The average Bonchev–Trinajstić information content (AvgIpc) is 2.97. The second kappa shape index (κ2) is 7.47. The van der Waals surface area contributed by atoms with Gasteiger partial charge in [0.25, 0.3) is 5.91 Å². The number of ether oxygens (including phenoxy) is 1. The molecule has 2 heterocycles. The van der Waals surface area contributed by atoms with Crippen LogP contribution in [0.4, 0.5) is 5.69 Å². The molecule has 2 aromatic rings. The van der Waals surface area contributed by atoms with Crippen LogP contribution in [0.3, 0.4) is 0 Å². The maximum Gasteiger partial charge on any atom is 0.339 e. The van der Waals surface area contributed by atoms with Crippen LogP contribution in [0, 0.1) is 27.7 Å². The van der Waals surface area contributed by atoms with E-state index in [1.54, 1.807) is 13.8 Å². The summed E-state index contributed by atoms with van der Waals surface area (Å²) >= 11 is 0. The Hall–Kier alpha value is -2.76. The van der Waals surface area contributed by atoms with E-state index in [1.165, 1.54) is 23.9 Å². The van der Waals surface area contributed by atoms with Crippen molar-refractivity contribution in [1.29, 1.82) is 0 Å². The number of hydrogen-bond donors (Lipinski definition) is 1. The van der Waals surface area contributed by atoms with Crippen molar-refractivity contribution in [2.24, 2.45) is 0 Å². The Morgan fingerprint density at radius 3 is 2.30 bits per heavy atom. The number of benzene rings is 1. The predicted octanol–water partition coefficient (Wildman–Crippen LogP) is 3.00. The van der Waals surface area contributed by atoms with E-state index >= 15 is 0 Å². The minimum atomic E-state index is -0.417. The Kier molecular flexibility index (Phi) is 5.26. The number of carbonyl (C=O) groups is 2. The third-order valence-corrected chi connectivity index (χ3v) is 5.52. The van der Waals surface area contributed by atoms with Crippen LogP contribution in [0.2, 0.25) is 0 Å². The SMILES string of the molecule is COC(=O)c1c(C)[nH]c(C(=O)N2CCN(c3cccc(C)c3C)CC2)c1C. The molecule has 0 unspecified atom stereocenters. The lowest BCUT2D eigenvalue weighted by molar-refractivity contribution is 0.0599. The molecule has 27 heavy (non-hydrogen) atoms. The van der Waals surface area contributed by atoms with Crippen molar-refractivity contribution in [3.8, 4) is 0 Å². The summed E-state index contributed by atoms with van der Waals surface area (Å²) in [4.78, 5) is 32.2. The summed E-state index contributed by atoms with van der Waals surface area (Å²) in [5.74, 6) is -0.480. The summed E-state index contributed by atoms with van der Waals surface area (Å²) < 4.78 is 4.83. The molecule has 1 amide bonds. The molecule has 6 nitrogen and oxygen atoms in total. The van der Waals surface area contributed by atoms with Crippen molar-refractivity contribution >= 4 is 17.6 Å². The number of carbonyl (C=O) groups excluding carboxylic acids is 2. The summed E-state index contributed by atoms with van der Waals surface area (Å²) in [7, 11) is 1.35. The Bertz CT molecular complexity index is 877. The lowest BCUT2D eigenvalue weighted by Crippen LogP contribution is -2.49. The largest absolute Gasteiger partial charge is 0.465 e. The smallest absolute Gasteiger partial charge is 0.339 e. The van der Waals surface area contributed by atoms with Gasteiger partial charge in [0, 0.05) is 37.6 Å². The Morgan fingerprint density at radius 1 is 1.00 bits per heavy atom. The monoisotopic (exact) mass is 369 g/mol. The molecular weight excluding hydrogens is 342 g/mol. The quantitative estimate of drug-likeness (QED) is 0.845. The number of aromatic amines is 1. The summed E-state index contributed by atoms with van der Waals surface area (Å²) in [6.07, 6.45) is 0. The molecular formula is C21H27N3O3. The molecule has 1 aromatic heterocycles. The molecule has 0 aliphatic carbocycles. The first kappa shape index (κ1) is 19.0. The van der Waals surface area contributed by atoms with Gasteiger partial charge in [-0.05, 0) is 50.5 Å². The Morgan fingerprint density at radius 2 is 1.67 bits per heavy atom. The molecule has 1 aliphatic rings. The first-order valence-corrected chi connectivity index (χ1v) is 9.23. The number of aromatic nitrogens is 1. The average molecular weight is 369 g/mol. The van der Waals surface area contributed by atoms with Crippen molar-refractivity contribution < 1.29 is 14.3 Å². The van der Waals surface area contributed by atoms with E-state index in [-0.39, 0.29) is 5.91 Å². The molecule has 6 heteroatoms. The fraction of sp³-hybridized carbons (Fsp3) is 0.429. The van der Waals surface area contributed by atoms with Gasteiger partial charge in [-0.1, -0.05) is 12.1 Å². The lowest BCUT2D eigenvalue weighted by atomic mass is 10.1. The molecule has 0 radical (unpaired) electrons. The van der Waals surface area contributed by atoms with Crippen LogP contribution in [-0.2, 0) is 4.74 Å². The maximum absolute atomic E-state index is 13.0. The lowest BCUT2D eigenvalue weighted by Gasteiger charge is -2.37. The van der Waals surface area contributed by atoms with Gasteiger partial charge < -0.3 is 19.5 Å². The zero-order chi connectivity index (χ0) is 19.7. The van der Waals surface area contributed by atoms with E-state index in [2.05, 4.69) is 41.9 Å². The van der Waals surface area contributed by atoms with Gasteiger partial charge >= 0.3 is 5.97 Å². The van der Waals surface area contributed by atoms with Crippen LogP contribution < -0.4 is 4.90 Å². The first-order chi connectivity index (χ1) is 12.8. The zero-order valence-electron chi connectivity index (χ0n) is 16.7. The predicted molar refractivity (Wildman–Crippen MR) is 106 cm³/mol. The molecule has 1 aromatic carbocycles. The van der Waals surface area contributed by atoms with Crippen molar-refractivity contribution in [2.75, 3.05) is 38.2 Å². The maximum atomic E-state index is 13.0. The van der Waals surface area contributed by atoms with Crippen LogP contribution >= 0.6 is 0 Å². The van der Waals surface area contributed by atoms with Crippen molar-refractivity contribution in [1.82, 2.24) is 9.88 Å². The summed E-state index contributed by atoms with van der Waals surface area (Å²) in [5, 5.41) is 0. The molecule has 1 saturated heterocycles. The summed E-state index contributed by atoms with van der Waals surface area (Å²) in [6, 6.07) is 6.34.